The average molecular weight is 268 g/mol. The predicted molar refractivity (Wildman–Crippen MR) is 65.5 cm³/mol. The van der Waals surface area contributed by atoms with Crippen molar-refractivity contribution in [1.82, 2.24) is 9.88 Å². The average Bonchev–Trinajstić information content (AvgIpc) is 2.84. The fraction of sp³-hybridized carbons (Fsp3) is 0.417. The number of carboxylic acid groups (broad SMARTS) is 2. The Labute approximate surface area is 109 Å². The monoisotopic (exact) mass is 268 g/mol. The van der Waals surface area contributed by atoms with Gasteiger partial charge in [0.25, 0.3) is 0 Å². The van der Waals surface area contributed by atoms with Gasteiger partial charge in [-0.3, -0.25) is 9.59 Å². The van der Waals surface area contributed by atoms with E-state index in [0.717, 1.165) is 0 Å². The van der Waals surface area contributed by atoms with Crippen molar-refractivity contribution >= 4 is 17.8 Å². The first-order valence-corrected chi connectivity index (χ1v) is 5.83. The number of nitrogens with zero attached hydrogens (tertiary/aromatic N) is 1. The summed E-state index contributed by atoms with van der Waals surface area (Å²) in [6, 6.07) is 2.49. The molecule has 1 aromatic rings. The van der Waals surface area contributed by atoms with Crippen LogP contribution in [0.25, 0.3) is 0 Å². The first-order chi connectivity index (χ1) is 8.99. The van der Waals surface area contributed by atoms with Crippen molar-refractivity contribution in [1.29, 1.82) is 0 Å². The largest absolute Gasteiger partial charge is 0.481 e. The molecule has 1 rings (SSSR count). The molecule has 0 aliphatic heterocycles. The third-order valence-corrected chi connectivity index (χ3v) is 2.54. The first kappa shape index (κ1) is 14.7. The van der Waals surface area contributed by atoms with E-state index in [1.165, 1.54) is 0 Å². The molecular formula is C12H16N2O5. The number of aryl methyl sites for hydroxylation is 1. The summed E-state index contributed by atoms with van der Waals surface area (Å²) in [5.74, 6) is -2.73. The Bertz CT molecular complexity index is 441. The van der Waals surface area contributed by atoms with E-state index in [-0.39, 0.29) is 19.3 Å². The number of carbonyl (C=O) groups excluding carboxylic acids is 1. The number of nitrogens with one attached hydrogen (secondary N) is 1. The Hall–Kier alpha value is -2.31. The second-order valence-corrected chi connectivity index (χ2v) is 4.06. The van der Waals surface area contributed by atoms with Crippen molar-refractivity contribution < 1.29 is 24.6 Å². The molecule has 0 fully saturated rings. The fourth-order valence-electron chi connectivity index (χ4n) is 1.54. The van der Waals surface area contributed by atoms with Crippen molar-refractivity contribution in [3.05, 3.63) is 24.5 Å². The lowest BCUT2D eigenvalue weighted by molar-refractivity contribution is -0.143. The second kappa shape index (κ2) is 7.20. The number of rotatable bonds is 8. The maximum Gasteiger partial charge on any atom is 0.326 e. The van der Waals surface area contributed by atoms with Crippen LogP contribution in [0.5, 0.6) is 0 Å². The van der Waals surface area contributed by atoms with Crippen LogP contribution in [0.2, 0.25) is 0 Å². The van der Waals surface area contributed by atoms with E-state index < -0.39 is 23.9 Å². The Kier molecular flexibility index (Phi) is 5.59. The van der Waals surface area contributed by atoms with Crippen LogP contribution in [0, 0.1) is 0 Å². The summed E-state index contributed by atoms with van der Waals surface area (Å²) < 4.78 is 1.80. The third kappa shape index (κ3) is 5.71. The van der Waals surface area contributed by atoms with Gasteiger partial charge in [-0.05, 0) is 18.6 Å². The van der Waals surface area contributed by atoms with Crippen molar-refractivity contribution in [2.45, 2.75) is 31.8 Å². The van der Waals surface area contributed by atoms with Gasteiger partial charge in [0.05, 0.1) is 0 Å². The summed E-state index contributed by atoms with van der Waals surface area (Å²) in [5, 5.41) is 19.7. The SMILES string of the molecule is O=C(O)CC[C@H](NC(=O)CCn1cccc1)C(=O)O. The quantitative estimate of drug-likeness (QED) is 0.629. The molecule has 0 unspecified atom stereocenters. The van der Waals surface area contributed by atoms with Crippen LogP contribution in [0.15, 0.2) is 24.5 Å². The van der Waals surface area contributed by atoms with E-state index in [4.69, 9.17) is 10.2 Å². The third-order valence-electron chi connectivity index (χ3n) is 2.54. The maximum absolute atomic E-state index is 11.6. The second-order valence-electron chi connectivity index (χ2n) is 4.06. The zero-order chi connectivity index (χ0) is 14.3. The van der Waals surface area contributed by atoms with Crippen LogP contribution in [-0.2, 0) is 20.9 Å². The van der Waals surface area contributed by atoms with Gasteiger partial charge < -0.3 is 20.1 Å². The number of carbonyl (C=O) groups is 3. The minimum Gasteiger partial charge on any atom is -0.481 e. The molecule has 0 saturated heterocycles. The van der Waals surface area contributed by atoms with Gasteiger partial charge in [0.1, 0.15) is 6.04 Å². The smallest absolute Gasteiger partial charge is 0.326 e. The molecule has 7 nitrogen and oxygen atoms in total. The molecule has 19 heavy (non-hydrogen) atoms. The molecule has 1 atom stereocenters. The van der Waals surface area contributed by atoms with Crippen LogP contribution in [-0.4, -0.2) is 38.7 Å². The molecular weight excluding hydrogens is 252 g/mol. The standard InChI is InChI=1S/C12H16N2O5/c15-10(5-8-14-6-1-2-7-14)13-9(12(18)19)3-4-11(16)17/h1-2,6-7,9H,3-5,8H2,(H,13,15)(H,16,17)(H,18,19)/t9-/m0/s1. The van der Waals surface area contributed by atoms with Gasteiger partial charge in [0.2, 0.25) is 5.91 Å². The maximum atomic E-state index is 11.6. The predicted octanol–water partition coefficient (Wildman–Crippen LogP) is 0.312. The van der Waals surface area contributed by atoms with Crippen LogP contribution in [0.4, 0.5) is 0 Å². The number of amides is 1. The first-order valence-electron chi connectivity index (χ1n) is 5.83. The molecule has 0 bridgehead atoms. The van der Waals surface area contributed by atoms with Crippen molar-refractivity contribution in [2.24, 2.45) is 0 Å². The number of aliphatic carboxylic acids is 2. The minimum absolute atomic E-state index is 0.125. The molecule has 3 N–H and O–H groups in total. The van der Waals surface area contributed by atoms with E-state index >= 15 is 0 Å². The van der Waals surface area contributed by atoms with Crippen LogP contribution >= 0.6 is 0 Å². The number of hydrogen-bond donors (Lipinski definition) is 3. The molecule has 1 heterocycles. The zero-order valence-electron chi connectivity index (χ0n) is 10.3. The van der Waals surface area contributed by atoms with E-state index in [2.05, 4.69) is 5.32 Å². The van der Waals surface area contributed by atoms with E-state index in [9.17, 15) is 14.4 Å². The summed E-state index contributed by atoms with van der Waals surface area (Å²) >= 11 is 0. The number of carboxylic acids is 2. The molecule has 0 spiro atoms. The lowest BCUT2D eigenvalue weighted by Crippen LogP contribution is -2.41. The molecule has 0 saturated carbocycles. The topological polar surface area (TPSA) is 109 Å². The van der Waals surface area contributed by atoms with Gasteiger partial charge in [-0.25, -0.2) is 4.79 Å². The highest BCUT2D eigenvalue weighted by atomic mass is 16.4. The van der Waals surface area contributed by atoms with Gasteiger partial charge >= 0.3 is 11.9 Å². The van der Waals surface area contributed by atoms with Crippen molar-refractivity contribution in [3.63, 3.8) is 0 Å². The molecule has 0 aliphatic rings. The zero-order valence-corrected chi connectivity index (χ0v) is 10.3. The van der Waals surface area contributed by atoms with Crippen LogP contribution in [0.3, 0.4) is 0 Å². The fourth-order valence-corrected chi connectivity index (χ4v) is 1.54. The molecule has 7 heteroatoms. The molecule has 0 aliphatic carbocycles. The Balaban J connectivity index is 2.38. The summed E-state index contributed by atoms with van der Waals surface area (Å²) in [6.07, 6.45) is 3.32. The van der Waals surface area contributed by atoms with Gasteiger partial charge in [-0.15, -0.1) is 0 Å². The summed E-state index contributed by atoms with van der Waals surface area (Å²) in [6.45, 7) is 0.449. The normalized spacial score (nSPS) is 11.8. The summed E-state index contributed by atoms with van der Waals surface area (Å²) in [7, 11) is 0. The highest BCUT2D eigenvalue weighted by Crippen LogP contribution is 2.00. The lowest BCUT2D eigenvalue weighted by Gasteiger charge is -2.13. The van der Waals surface area contributed by atoms with Gasteiger partial charge in [-0.1, -0.05) is 0 Å². The summed E-state index contributed by atoms with van der Waals surface area (Å²) in [5.41, 5.74) is 0. The van der Waals surface area contributed by atoms with Gasteiger partial charge in [-0.2, -0.15) is 0 Å². The van der Waals surface area contributed by atoms with E-state index in [1.54, 1.807) is 17.0 Å². The van der Waals surface area contributed by atoms with E-state index in [1.807, 2.05) is 12.1 Å². The number of hydrogen-bond acceptors (Lipinski definition) is 3. The van der Waals surface area contributed by atoms with Crippen LogP contribution < -0.4 is 5.32 Å². The highest BCUT2D eigenvalue weighted by molar-refractivity contribution is 5.83. The molecule has 0 radical (unpaired) electrons. The Morgan fingerprint density at radius 1 is 1.11 bits per heavy atom. The van der Waals surface area contributed by atoms with Crippen molar-refractivity contribution in [3.8, 4) is 0 Å². The molecule has 1 amide bonds. The highest BCUT2D eigenvalue weighted by Gasteiger charge is 2.20. The van der Waals surface area contributed by atoms with Crippen LogP contribution in [0.1, 0.15) is 19.3 Å². The lowest BCUT2D eigenvalue weighted by atomic mass is 10.1. The molecule has 104 valence electrons. The number of aromatic nitrogens is 1. The molecule has 0 aromatic carbocycles. The Morgan fingerprint density at radius 2 is 1.74 bits per heavy atom. The van der Waals surface area contributed by atoms with Crippen molar-refractivity contribution in [2.75, 3.05) is 0 Å². The Morgan fingerprint density at radius 3 is 2.26 bits per heavy atom. The van der Waals surface area contributed by atoms with Gasteiger partial charge in [0.15, 0.2) is 0 Å². The van der Waals surface area contributed by atoms with E-state index in [0.29, 0.717) is 6.54 Å². The summed E-state index contributed by atoms with van der Waals surface area (Å²) in [4.78, 5) is 32.8. The van der Waals surface area contributed by atoms with Gasteiger partial charge in [0, 0.05) is 31.8 Å². The minimum atomic E-state index is -1.23. The molecule has 1 aromatic heterocycles.